The Kier molecular flexibility index (Phi) is 3.21. The molecule has 1 saturated carbocycles. The van der Waals surface area contributed by atoms with Gasteiger partial charge in [-0.25, -0.2) is 0 Å². The third-order valence-electron chi connectivity index (χ3n) is 4.50. The Balaban J connectivity index is 1.96. The van der Waals surface area contributed by atoms with E-state index in [9.17, 15) is 4.79 Å². The summed E-state index contributed by atoms with van der Waals surface area (Å²) in [6.45, 7) is 4.06. The number of ether oxygens (including phenoxy) is 1. The van der Waals surface area contributed by atoms with Crippen molar-refractivity contribution in [3.63, 3.8) is 0 Å². The number of hydrogen-bond acceptors (Lipinski definition) is 3. The topological polar surface area (TPSA) is 41.6 Å². The van der Waals surface area contributed by atoms with Gasteiger partial charge in [0.15, 0.2) is 0 Å². The van der Waals surface area contributed by atoms with E-state index in [1.54, 1.807) is 7.11 Å². The van der Waals surface area contributed by atoms with Crippen LogP contribution in [0.4, 0.5) is 0 Å². The maximum atomic E-state index is 12.7. The molecule has 1 N–H and O–H groups in total. The molecule has 4 nitrogen and oxygen atoms in total. The molecule has 0 spiro atoms. The summed E-state index contributed by atoms with van der Waals surface area (Å²) < 4.78 is 5.30. The van der Waals surface area contributed by atoms with Crippen LogP contribution in [-0.4, -0.2) is 29.5 Å². The maximum absolute atomic E-state index is 12.7. The fraction of sp³-hybridized carbons (Fsp3) is 0.562. The van der Waals surface area contributed by atoms with Crippen LogP contribution in [0, 0.1) is 0 Å². The van der Waals surface area contributed by atoms with E-state index in [0.29, 0.717) is 6.04 Å². The van der Waals surface area contributed by atoms with Crippen LogP contribution in [0.25, 0.3) is 0 Å². The number of hydrogen-bond donors (Lipinski definition) is 1. The van der Waals surface area contributed by atoms with Gasteiger partial charge in [-0.3, -0.25) is 10.1 Å². The van der Waals surface area contributed by atoms with Crippen LogP contribution in [0.3, 0.4) is 0 Å². The molecule has 1 saturated heterocycles. The molecule has 2 aliphatic rings. The lowest BCUT2D eigenvalue weighted by Crippen LogP contribution is -2.43. The SMILES string of the molecule is CCC1(C)NC(c2cccc(OC)c2)N(C2CC2)C1=O. The fourth-order valence-corrected chi connectivity index (χ4v) is 2.87. The van der Waals surface area contributed by atoms with Crippen LogP contribution in [0.15, 0.2) is 24.3 Å². The van der Waals surface area contributed by atoms with Crippen molar-refractivity contribution in [3.05, 3.63) is 29.8 Å². The number of amides is 1. The molecule has 1 amide bonds. The van der Waals surface area contributed by atoms with Crippen molar-refractivity contribution in [1.82, 2.24) is 10.2 Å². The Labute approximate surface area is 120 Å². The van der Waals surface area contributed by atoms with Gasteiger partial charge < -0.3 is 9.64 Å². The number of nitrogens with one attached hydrogen (secondary N) is 1. The van der Waals surface area contributed by atoms with Crippen molar-refractivity contribution in [2.24, 2.45) is 0 Å². The van der Waals surface area contributed by atoms with Crippen LogP contribution in [0.1, 0.15) is 44.8 Å². The number of rotatable bonds is 4. The minimum Gasteiger partial charge on any atom is -0.497 e. The first kappa shape index (κ1) is 13.4. The molecule has 108 valence electrons. The monoisotopic (exact) mass is 274 g/mol. The largest absolute Gasteiger partial charge is 0.497 e. The molecule has 0 radical (unpaired) electrons. The summed E-state index contributed by atoms with van der Waals surface area (Å²) in [5, 5.41) is 3.53. The Hall–Kier alpha value is -1.55. The van der Waals surface area contributed by atoms with Gasteiger partial charge in [0, 0.05) is 6.04 Å². The third-order valence-corrected chi connectivity index (χ3v) is 4.50. The second kappa shape index (κ2) is 4.77. The van der Waals surface area contributed by atoms with Crippen LogP contribution in [0.5, 0.6) is 5.75 Å². The van der Waals surface area contributed by atoms with Gasteiger partial charge in [0.2, 0.25) is 5.91 Å². The molecule has 20 heavy (non-hydrogen) atoms. The van der Waals surface area contributed by atoms with Crippen molar-refractivity contribution in [2.45, 2.75) is 50.9 Å². The average Bonchev–Trinajstić information content (AvgIpc) is 3.27. The Morgan fingerprint density at radius 2 is 2.20 bits per heavy atom. The van der Waals surface area contributed by atoms with Gasteiger partial charge >= 0.3 is 0 Å². The van der Waals surface area contributed by atoms with Crippen molar-refractivity contribution < 1.29 is 9.53 Å². The summed E-state index contributed by atoms with van der Waals surface area (Å²) in [7, 11) is 1.67. The van der Waals surface area contributed by atoms with Crippen LogP contribution in [-0.2, 0) is 4.79 Å². The molecule has 1 aliphatic heterocycles. The van der Waals surface area contributed by atoms with E-state index >= 15 is 0 Å². The lowest BCUT2D eigenvalue weighted by atomic mass is 9.99. The van der Waals surface area contributed by atoms with Gasteiger partial charge in [-0.1, -0.05) is 19.1 Å². The van der Waals surface area contributed by atoms with E-state index in [-0.39, 0.29) is 12.1 Å². The van der Waals surface area contributed by atoms with Crippen molar-refractivity contribution in [2.75, 3.05) is 7.11 Å². The second-order valence-corrected chi connectivity index (χ2v) is 5.95. The number of benzene rings is 1. The highest BCUT2D eigenvalue weighted by molar-refractivity contribution is 5.89. The van der Waals surface area contributed by atoms with Gasteiger partial charge in [0.25, 0.3) is 0 Å². The summed E-state index contributed by atoms with van der Waals surface area (Å²) in [5.74, 6) is 1.06. The summed E-state index contributed by atoms with van der Waals surface area (Å²) in [6, 6.07) is 8.39. The minimum absolute atomic E-state index is 0.0324. The van der Waals surface area contributed by atoms with Gasteiger partial charge in [-0.15, -0.1) is 0 Å². The minimum atomic E-state index is -0.448. The molecule has 4 heteroatoms. The molecule has 1 aliphatic carbocycles. The third kappa shape index (κ3) is 2.08. The zero-order valence-corrected chi connectivity index (χ0v) is 12.3. The molecular formula is C16H22N2O2. The summed E-state index contributed by atoms with van der Waals surface area (Å²) in [4.78, 5) is 14.8. The van der Waals surface area contributed by atoms with Crippen LogP contribution in [0.2, 0.25) is 0 Å². The standard InChI is InChI=1S/C16H22N2O2/c1-4-16(2)15(19)18(12-8-9-12)14(17-16)11-6-5-7-13(10-11)20-3/h5-7,10,12,14,17H,4,8-9H2,1-3H3. The predicted octanol–water partition coefficient (Wildman–Crippen LogP) is 2.46. The van der Waals surface area contributed by atoms with E-state index in [1.807, 2.05) is 30.0 Å². The summed E-state index contributed by atoms with van der Waals surface area (Å²) in [5.41, 5.74) is 0.651. The van der Waals surface area contributed by atoms with Crippen LogP contribution < -0.4 is 10.1 Å². The number of carbonyl (C=O) groups is 1. The highest BCUT2D eigenvalue weighted by Crippen LogP contribution is 2.41. The Morgan fingerprint density at radius 3 is 2.80 bits per heavy atom. The van der Waals surface area contributed by atoms with Gasteiger partial charge in [0.05, 0.1) is 12.6 Å². The highest BCUT2D eigenvalue weighted by Gasteiger charge is 2.51. The Morgan fingerprint density at radius 1 is 1.45 bits per heavy atom. The quantitative estimate of drug-likeness (QED) is 0.917. The molecule has 0 bridgehead atoms. The molecule has 2 fully saturated rings. The summed E-state index contributed by atoms with van der Waals surface area (Å²) in [6.07, 6.45) is 3.01. The molecule has 1 aromatic carbocycles. The first-order valence-electron chi connectivity index (χ1n) is 7.33. The molecule has 0 aromatic heterocycles. The summed E-state index contributed by atoms with van der Waals surface area (Å²) >= 11 is 0. The molecular weight excluding hydrogens is 252 g/mol. The van der Waals surface area contributed by atoms with Gasteiger partial charge in [-0.05, 0) is 43.9 Å². The van der Waals surface area contributed by atoms with E-state index in [1.165, 1.54) is 0 Å². The molecule has 2 unspecified atom stereocenters. The normalized spacial score (nSPS) is 29.9. The van der Waals surface area contributed by atoms with Crippen molar-refractivity contribution in [3.8, 4) is 5.75 Å². The lowest BCUT2D eigenvalue weighted by Gasteiger charge is -2.24. The molecule has 1 heterocycles. The molecule has 2 atom stereocenters. The molecule has 3 rings (SSSR count). The fourth-order valence-electron chi connectivity index (χ4n) is 2.87. The van der Waals surface area contributed by atoms with Crippen molar-refractivity contribution in [1.29, 1.82) is 0 Å². The number of carbonyl (C=O) groups excluding carboxylic acids is 1. The van der Waals surface area contributed by atoms with Crippen molar-refractivity contribution >= 4 is 5.91 Å². The lowest BCUT2D eigenvalue weighted by molar-refractivity contribution is -0.133. The van der Waals surface area contributed by atoms with Crippen LogP contribution >= 0.6 is 0 Å². The first-order chi connectivity index (χ1) is 9.59. The average molecular weight is 274 g/mol. The molecule has 1 aromatic rings. The Bertz CT molecular complexity index is 527. The zero-order valence-electron chi connectivity index (χ0n) is 12.3. The zero-order chi connectivity index (χ0) is 14.3. The van der Waals surface area contributed by atoms with Gasteiger partial charge in [-0.2, -0.15) is 0 Å². The number of nitrogens with zero attached hydrogens (tertiary/aromatic N) is 1. The predicted molar refractivity (Wildman–Crippen MR) is 77.4 cm³/mol. The highest BCUT2D eigenvalue weighted by atomic mass is 16.5. The van der Waals surface area contributed by atoms with E-state index in [0.717, 1.165) is 30.6 Å². The second-order valence-electron chi connectivity index (χ2n) is 5.95. The first-order valence-corrected chi connectivity index (χ1v) is 7.33. The number of methoxy groups -OCH3 is 1. The van der Waals surface area contributed by atoms with E-state index < -0.39 is 5.54 Å². The van der Waals surface area contributed by atoms with E-state index in [2.05, 4.69) is 18.3 Å². The maximum Gasteiger partial charge on any atom is 0.244 e. The van der Waals surface area contributed by atoms with E-state index in [4.69, 9.17) is 4.74 Å². The smallest absolute Gasteiger partial charge is 0.244 e. The van der Waals surface area contributed by atoms with Gasteiger partial charge in [0.1, 0.15) is 11.9 Å².